The highest BCUT2D eigenvalue weighted by Gasteiger charge is 2.20. The summed E-state index contributed by atoms with van der Waals surface area (Å²) >= 11 is 5.91. The van der Waals surface area contributed by atoms with Crippen LogP contribution in [-0.2, 0) is 11.2 Å². The molecule has 0 aromatic heterocycles. The molecule has 0 spiro atoms. The lowest BCUT2D eigenvalue weighted by Gasteiger charge is -2.27. The molecule has 1 saturated carbocycles. The van der Waals surface area contributed by atoms with Crippen molar-refractivity contribution in [2.24, 2.45) is 0 Å². The van der Waals surface area contributed by atoms with Crippen molar-refractivity contribution in [3.63, 3.8) is 0 Å². The summed E-state index contributed by atoms with van der Waals surface area (Å²) < 4.78 is 5.82. The Kier molecular flexibility index (Phi) is 3.89. The number of hydrogen-bond donors (Lipinski definition) is 1. The Bertz CT molecular complexity index is 413. The second kappa shape index (κ2) is 5.41. The van der Waals surface area contributed by atoms with Crippen LogP contribution in [-0.4, -0.2) is 17.2 Å². The molecule has 0 amide bonds. The Morgan fingerprint density at radius 2 is 2.24 bits per heavy atom. The smallest absolute Gasteiger partial charge is 0.303 e. The first-order valence-corrected chi connectivity index (χ1v) is 6.20. The summed E-state index contributed by atoms with van der Waals surface area (Å²) in [6.45, 7) is 0. The van der Waals surface area contributed by atoms with E-state index in [1.165, 1.54) is 6.42 Å². The second-order valence-corrected chi connectivity index (χ2v) is 4.75. The zero-order chi connectivity index (χ0) is 12.3. The first-order valence-electron chi connectivity index (χ1n) is 5.82. The normalized spacial score (nSPS) is 15.4. The van der Waals surface area contributed by atoms with Gasteiger partial charge in [-0.3, -0.25) is 4.79 Å². The monoisotopic (exact) mass is 254 g/mol. The molecule has 2 rings (SSSR count). The van der Waals surface area contributed by atoms with Gasteiger partial charge in [0.25, 0.3) is 0 Å². The van der Waals surface area contributed by atoms with E-state index in [1.54, 1.807) is 12.1 Å². The van der Waals surface area contributed by atoms with E-state index in [-0.39, 0.29) is 6.42 Å². The van der Waals surface area contributed by atoms with Crippen molar-refractivity contribution in [1.82, 2.24) is 0 Å². The quantitative estimate of drug-likeness (QED) is 0.877. The van der Waals surface area contributed by atoms with Crippen LogP contribution in [0.15, 0.2) is 18.2 Å². The molecule has 1 fully saturated rings. The van der Waals surface area contributed by atoms with Crippen LogP contribution in [0.5, 0.6) is 5.75 Å². The van der Waals surface area contributed by atoms with Crippen LogP contribution < -0.4 is 4.74 Å². The predicted molar refractivity (Wildman–Crippen MR) is 65.7 cm³/mol. The molecule has 0 saturated heterocycles. The van der Waals surface area contributed by atoms with E-state index in [0.717, 1.165) is 24.2 Å². The van der Waals surface area contributed by atoms with Gasteiger partial charge >= 0.3 is 5.97 Å². The predicted octanol–water partition coefficient (Wildman–Crippen LogP) is 3.29. The number of carboxylic acid groups (broad SMARTS) is 1. The number of rotatable bonds is 5. The number of benzene rings is 1. The van der Waals surface area contributed by atoms with Crippen molar-refractivity contribution >= 4 is 17.6 Å². The van der Waals surface area contributed by atoms with Gasteiger partial charge in [0.05, 0.1) is 6.10 Å². The first-order chi connectivity index (χ1) is 8.15. The second-order valence-electron chi connectivity index (χ2n) is 4.32. The standard InChI is InChI=1S/C13H15ClO3/c14-10-5-6-12(17-11-2-1-3-11)9(8-10)4-7-13(15)16/h5-6,8,11H,1-4,7H2,(H,15,16). The summed E-state index contributed by atoms with van der Waals surface area (Å²) in [7, 11) is 0. The molecule has 1 N–H and O–H groups in total. The van der Waals surface area contributed by atoms with E-state index in [1.807, 2.05) is 6.07 Å². The lowest BCUT2D eigenvalue weighted by atomic mass is 9.96. The summed E-state index contributed by atoms with van der Waals surface area (Å²) in [5.74, 6) is -0.0279. The minimum Gasteiger partial charge on any atom is -0.490 e. The lowest BCUT2D eigenvalue weighted by molar-refractivity contribution is -0.136. The number of aliphatic carboxylic acids is 1. The number of halogens is 1. The van der Waals surface area contributed by atoms with E-state index in [9.17, 15) is 4.79 Å². The zero-order valence-electron chi connectivity index (χ0n) is 9.49. The molecule has 3 nitrogen and oxygen atoms in total. The van der Waals surface area contributed by atoms with Crippen LogP contribution in [0.25, 0.3) is 0 Å². The molecule has 0 heterocycles. The molecular weight excluding hydrogens is 240 g/mol. The summed E-state index contributed by atoms with van der Waals surface area (Å²) in [5.41, 5.74) is 0.881. The fourth-order valence-electron chi connectivity index (χ4n) is 1.77. The molecule has 1 aromatic carbocycles. The fourth-order valence-corrected chi connectivity index (χ4v) is 1.96. The zero-order valence-corrected chi connectivity index (χ0v) is 10.2. The van der Waals surface area contributed by atoms with Gasteiger partial charge in [-0.2, -0.15) is 0 Å². The van der Waals surface area contributed by atoms with Crippen molar-refractivity contribution in [2.45, 2.75) is 38.2 Å². The van der Waals surface area contributed by atoms with Gasteiger partial charge in [0.2, 0.25) is 0 Å². The Balaban J connectivity index is 2.08. The van der Waals surface area contributed by atoms with Crippen molar-refractivity contribution in [3.05, 3.63) is 28.8 Å². The highest BCUT2D eigenvalue weighted by Crippen LogP contribution is 2.30. The van der Waals surface area contributed by atoms with E-state index < -0.39 is 5.97 Å². The fraction of sp³-hybridized carbons (Fsp3) is 0.462. The highest BCUT2D eigenvalue weighted by molar-refractivity contribution is 6.30. The third-order valence-corrected chi connectivity index (χ3v) is 3.21. The molecule has 1 aliphatic carbocycles. The maximum atomic E-state index is 10.6. The van der Waals surface area contributed by atoms with Crippen molar-refractivity contribution in [3.8, 4) is 5.75 Å². The van der Waals surface area contributed by atoms with Crippen LogP contribution in [0.4, 0.5) is 0 Å². The summed E-state index contributed by atoms with van der Waals surface area (Å²) in [6.07, 6.45) is 4.23. The average Bonchev–Trinajstić information content (AvgIpc) is 2.22. The van der Waals surface area contributed by atoms with Crippen LogP contribution in [0.3, 0.4) is 0 Å². The molecule has 1 aliphatic rings. The molecule has 1 aromatic rings. The SMILES string of the molecule is O=C(O)CCc1cc(Cl)ccc1OC1CCC1. The molecular formula is C13H15ClO3. The van der Waals surface area contributed by atoms with Crippen molar-refractivity contribution < 1.29 is 14.6 Å². The minimum absolute atomic E-state index is 0.0986. The average molecular weight is 255 g/mol. The topological polar surface area (TPSA) is 46.5 Å². The summed E-state index contributed by atoms with van der Waals surface area (Å²) in [4.78, 5) is 10.6. The molecule has 0 aliphatic heterocycles. The van der Waals surface area contributed by atoms with Crippen molar-refractivity contribution in [2.75, 3.05) is 0 Å². The Hall–Kier alpha value is -1.22. The van der Waals surface area contributed by atoms with Gasteiger partial charge in [0, 0.05) is 11.4 Å². The maximum Gasteiger partial charge on any atom is 0.303 e. The number of carbonyl (C=O) groups is 1. The third-order valence-electron chi connectivity index (χ3n) is 2.98. The van der Waals surface area contributed by atoms with Gasteiger partial charge in [0.15, 0.2) is 0 Å². The van der Waals surface area contributed by atoms with E-state index >= 15 is 0 Å². The molecule has 17 heavy (non-hydrogen) atoms. The molecule has 0 bridgehead atoms. The van der Waals surface area contributed by atoms with Crippen LogP contribution in [0.1, 0.15) is 31.2 Å². The van der Waals surface area contributed by atoms with Gasteiger partial charge in [-0.15, -0.1) is 0 Å². The van der Waals surface area contributed by atoms with Crippen LogP contribution in [0.2, 0.25) is 5.02 Å². The largest absolute Gasteiger partial charge is 0.490 e. The molecule has 0 unspecified atom stereocenters. The van der Waals surface area contributed by atoms with Gasteiger partial charge < -0.3 is 9.84 Å². The van der Waals surface area contributed by atoms with E-state index in [4.69, 9.17) is 21.4 Å². The molecule has 0 radical (unpaired) electrons. The van der Waals surface area contributed by atoms with E-state index in [0.29, 0.717) is 17.5 Å². The van der Waals surface area contributed by atoms with Gasteiger partial charge in [-0.1, -0.05) is 11.6 Å². The Labute approximate surface area is 105 Å². The van der Waals surface area contributed by atoms with Crippen molar-refractivity contribution in [1.29, 1.82) is 0 Å². The molecule has 4 heteroatoms. The van der Waals surface area contributed by atoms with Gasteiger partial charge in [-0.05, 0) is 49.4 Å². The number of ether oxygens (including phenoxy) is 1. The minimum atomic E-state index is -0.806. The third kappa shape index (κ3) is 3.37. The first kappa shape index (κ1) is 12.2. The number of carboxylic acids is 1. The number of aryl methyl sites for hydroxylation is 1. The lowest BCUT2D eigenvalue weighted by Crippen LogP contribution is -2.25. The van der Waals surface area contributed by atoms with Gasteiger partial charge in [-0.25, -0.2) is 0 Å². The molecule has 0 atom stereocenters. The molecule has 92 valence electrons. The highest BCUT2D eigenvalue weighted by atomic mass is 35.5. The van der Waals surface area contributed by atoms with E-state index in [2.05, 4.69) is 0 Å². The van der Waals surface area contributed by atoms with Crippen LogP contribution in [0, 0.1) is 0 Å². The number of hydrogen-bond acceptors (Lipinski definition) is 2. The van der Waals surface area contributed by atoms with Crippen LogP contribution >= 0.6 is 11.6 Å². The summed E-state index contributed by atoms with van der Waals surface area (Å²) in [5, 5.41) is 9.32. The Morgan fingerprint density at radius 3 is 2.82 bits per heavy atom. The maximum absolute atomic E-state index is 10.6. The Morgan fingerprint density at radius 1 is 1.47 bits per heavy atom. The van der Waals surface area contributed by atoms with Gasteiger partial charge in [0.1, 0.15) is 5.75 Å². The summed E-state index contributed by atoms with van der Waals surface area (Å²) in [6, 6.07) is 5.40.